The summed E-state index contributed by atoms with van der Waals surface area (Å²) in [7, 11) is 1.54. The van der Waals surface area contributed by atoms with Gasteiger partial charge in [0.1, 0.15) is 5.82 Å². The van der Waals surface area contributed by atoms with Crippen molar-refractivity contribution in [2.24, 2.45) is 13.0 Å². The van der Waals surface area contributed by atoms with Gasteiger partial charge < -0.3 is 10.6 Å². The van der Waals surface area contributed by atoms with E-state index in [-0.39, 0.29) is 30.9 Å². The van der Waals surface area contributed by atoms with Crippen molar-refractivity contribution in [3.63, 3.8) is 0 Å². The van der Waals surface area contributed by atoms with Gasteiger partial charge in [0.15, 0.2) is 0 Å². The molecule has 0 spiro atoms. The Kier molecular flexibility index (Phi) is 3.30. The third kappa shape index (κ3) is 2.45. The molecule has 104 valence electrons. The standard InChI is InChI=1S/C12H16F2N4O/c1-3-8-7-18(5-4-12(8,13)14)11-16-9(15)6-10(19)17(11)2/h3,6,8H,1,4-5,7,15H2,2H3. The molecule has 2 heterocycles. The highest BCUT2D eigenvalue weighted by Crippen LogP contribution is 2.35. The van der Waals surface area contributed by atoms with E-state index in [4.69, 9.17) is 5.73 Å². The van der Waals surface area contributed by atoms with Crippen LogP contribution in [0, 0.1) is 5.92 Å². The predicted octanol–water partition coefficient (Wildman–Crippen LogP) is 1.01. The highest BCUT2D eigenvalue weighted by atomic mass is 19.3. The fourth-order valence-corrected chi connectivity index (χ4v) is 2.19. The molecule has 0 saturated carbocycles. The number of hydrogen-bond acceptors (Lipinski definition) is 4. The molecule has 1 aromatic heterocycles. The number of rotatable bonds is 2. The lowest BCUT2D eigenvalue weighted by Crippen LogP contribution is -2.48. The summed E-state index contributed by atoms with van der Waals surface area (Å²) in [6.07, 6.45) is 0.949. The number of nitrogens with two attached hydrogens (primary N) is 1. The van der Waals surface area contributed by atoms with E-state index in [0.717, 1.165) is 0 Å². The molecular formula is C12H16F2N4O. The van der Waals surface area contributed by atoms with E-state index in [1.807, 2.05) is 0 Å². The van der Waals surface area contributed by atoms with E-state index in [0.29, 0.717) is 5.95 Å². The Bertz CT molecular complexity index is 555. The van der Waals surface area contributed by atoms with Crippen molar-refractivity contribution in [3.05, 3.63) is 29.1 Å². The molecule has 0 amide bonds. The molecule has 2 N–H and O–H groups in total. The van der Waals surface area contributed by atoms with E-state index >= 15 is 0 Å². The minimum atomic E-state index is -2.77. The number of alkyl halides is 2. The minimum absolute atomic E-state index is 0.0697. The summed E-state index contributed by atoms with van der Waals surface area (Å²) >= 11 is 0. The zero-order valence-corrected chi connectivity index (χ0v) is 10.6. The number of anilines is 2. The van der Waals surface area contributed by atoms with Crippen LogP contribution >= 0.6 is 0 Å². The van der Waals surface area contributed by atoms with Crippen LogP contribution in [0.25, 0.3) is 0 Å². The van der Waals surface area contributed by atoms with Crippen molar-refractivity contribution < 1.29 is 8.78 Å². The Morgan fingerprint density at radius 2 is 2.32 bits per heavy atom. The van der Waals surface area contributed by atoms with Crippen LogP contribution in [0.4, 0.5) is 20.5 Å². The molecule has 0 radical (unpaired) electrons. The Hall–Kier alpha value is -1.92. The first kappa shape index (κ1) is 13.5. The van der Waals surface area contributed by atoms with Crippen LogP contribution in [0.5, 0.6) is 0 Å². The van der Waals surface area contributed by atoms with Crippen LogP contribution in [0.3, 0.4) is 0 Å². The number of aromatic nitrogens is 2. The maximum absolute atomic E-state index is 13.6. The van der Waals surface area contributed by atoms with Gasteiger partial charge in [-0.2, -0.15) is 4.98 Å². The van der Waals surface area contributed by atoms with Crippen LogP contribution in [-0.2, 0) is 7.05 Å². The highest BCUT2D eigenvalue weighted by molar-refractivity contribution is 5.40. The van der Waals surface area contributed by atoms with Gasteiger partial charge in [-0.15, -0.1) is 6.58 Å². The Balaban J connectivity index is 2.34. The van der Waals surface area contributed by atoms with Gasteiger partial charge in [-0.05, 0) is 0 Å². The second kappa shape index (κ2) is 4.64. The molecule has 0 bridgehead atoms. The van der Waals surface area contributed by atoms with Crippen molar-refractivity contribution >= 4 is 11.8 Å². The summed E-state index contributed by atoms with van der Waals surface area (Å²) < 4.78 is 28.5. The van der Waals surface area contributed by atoms with Gasteiger partial charge in [0.05, 0.1) is 5.92 Å². The van der Waals surface area contributed by atoms with Crippen LogP contribution < -0.4 is 16.2 Å². The van der Waals surface area contributed by atoms with Crippen LogP contribution in [0.2, 0.25) is 0 Å². The van der Waals surface area contributed by atoms with Gasteiger partial charge in [-0.1, -0.05) is 6.08 Å². The zero-order valence-electron chi connectivity index (χ0n) is 10.6. The fourth-order valence-electron chi connectivity index (χ4n) is 2.19. The monoisotopic (exact) mass is 270 g/mol. The molecule has 1 aliphatic heterocycles. The Morgan fingerprint density at radius 1 is 1.63 bits per heavy atom. The van der Waals surface area contributed by atoms with Gasteiger partial charge >= 0.3 is 0 Å². The summed E-state index contributed by atoms with van der Waals surface area (Å²) in [4.78, 5) is 17.3. The van der Waals surface area contributed by atoms with Gasteiger partial charge in [0, 0.05) is 32.6 Å². The summed E-state index contributed by atoms with van der Waals surface area (Å²) in [5, 5.41) is 0. The molecule has 1 saturated heterocycles. The third-order valence-electron chi connectivity index (χ3n) is 3.37. The molecule has 1 fully saturated rings. The van der Waals surface area contributed by atoms with E-state index in [2.05, 4.69) is 11.6 Å². The van der Waals surface area contributed by atoms with Gasteiger partial charge in [0.2, 0.25) is 5.95 Å². The summed E-state index contributed by atoms with van der Waals surface area (Å²) in [5.74, 6) is -3.32. The number of halogens is 2. The molecule has 5 nitrogen and oxygen atoms in total. The van der Waals surface area contributed by atoms with E-state index in [1.54, 1.807) is 11.9 Å². The SMILES string of the molecule is C=CC1CN(c2nc(N)cc(=O)n2C)CCC1(F)F. The van der Waals surface area contributed by atoms with E-state index in [9.17, 15) is 13.6 Å². The fraction of sp³-hybridized carbons (Fsp3) is 0.500. The first-order chi connectivity index (χ1) is 8.85. The van der Waals surface area contributed by atoms with Crippen molar-refractivity contribution in [1.29, 1.82) is 0 Å². The molecular weight excluding hydrogens is 254 g/mol. The number of nitrogens with zero attached hydrogens (tertiary/aromatic N) is 3. The van der Waals surface area contributed by atoms with Gasteiger partial charge in [0.25, 0.3) is 11.5 Å². The highest BCUT2D eigenvalue weighted by Gasteiger charge is 2.43. The van der Waals surface area contributed by atoms with Crippen LogP contribution in [0.15, 0.2) is 23.5 Å². The summed E-state index contributed by atoms with van der Waals surface area (Å²) in [6, 6.07) is 1.20. The summed E-state index contributed by atoms with van der Waals surface area (Å²) in [5.41, 5.74) is 5.23. The van der Waals surface area contributed by atoms with Crippen molar-refractivity contribution in [2.45, 2.75) is 12.3 Å². The van der Waals surface area contributed by atoms with Crippen molar-refractivity contribution in [1.82, 2.24) is 9.55 Å². The average Bonchev–Trinajstić information content (AvgIpc) is 2.34. The number of nitrogen functional groups attached to an aromatic ring is 1. The molecule has 1 unspecified atom stereocenters. The lowest BCUT2D eigenvalue weighted by Gasteiger charge is -2.37. The Labute approximate surface area is 109 Å². The smallest absolute Gasteiger partial charge is 0.257 e. The van der Waals surface area contributed by atoms with Gasteiger partial charge in [-0.25, -0.2) is 8.78 Å². The van der Waals surface area contributed by atoms with E-state index in [1.165, 1.54) is 16.7 Å². The van der Waals surface area contributed by atoms with Gasteiger partial charge in [-0.3, -0.25) is 9.36 Å². The molecule has 1 aliphatic rings. The predicted molar refractivity (Wildman–Crippen MR) is 69.4 cm³/mol. The molecule has 19 heavy (non-hydrogen) atoms. The lowest BCUT2D eigenvalue weighted by atomic mass is 9.94. The lowest BCUT2D eigenvalue weighted by molar-refractivity contribution is -0.0546. The molecule has 2 rings (SSSR count). The van der Waals surface area contributed by atoms with Crippen molar-refractivity contribution in [2.75, 3.05) is 23.7 Å². The van der Waals surface area contributed by atoms with Crippen LogP contribution in [0.1, 0.15) is 6.42 Å². The molecule has 1 aromatic rings. The third-order valence-corrected chi connectivity index (χ3v) is 3.37. The van der Waals surface area contributed by atoms with Crippen LogP contribution in [-0.4, -0.2) is 28.6 Å². The second-order valence-corrected chi connectivity index (χ2v) is 4.68. The first-order valence-electron chi connectivity index (χ1n) is 5.94. The topological polar surface area (TPSA) is 64.2 Å². The van der Waals surface area contributed by atoms with E-state index < -0.39 is 11.8 Å². The minimum Gasteiger partial charge on any atom is -0.383 e. The quantitative estimate of drug-likeness (QED) is 0.815. The first-order valence-corrected chi connectivity index (χ1v) is 5.94. The maximum atomic E-state index is 13.6. The number of hydrogen-bond donors (Lipinski definition) is 1. The zero-order chi connectivity index (χ0) is 14.2. The maximum Gasteiger partial charge on any atom is 0.257 e. The molecule has 0 aliphatic carbocycles. The average molecular weight is 270 g/mol. The normalized spacial score (nSPS) is 22.3. The Morgan fingerprint density at radius 3 is 2.95 bits per heavy atom. The molecule has 0 aromatic carbocycles. The second-order valence-electron chi connectivity index (χ2n) is 4.68. The summed E-state index contributed by atoms with van der Waals surface area (Å²) in [6.45, 7) is 3.64. The number of piperidine rings is 1. The van der Waals surface area contributed by atoms with Crippen molar-refractivity contribution in [3.8, 4) is 0 Å². The largest absolute Gasteiger partial charge is 0.383 e. The molecule has 7 heteroatoms. The molecule has 1 atom stereocenters.